The largest absolute Gasteiger partial charge is 0.395 e. The molecule has 0 amide bonds. The third kappa shape index (κ3) is 2.50. The maximum atomic E-state index is 12.0. The zero-order chi connectivity index (χ0) is 11.7. The van der Waals surface area contributed by atoms with Crippen molar-refractivity contribution in [3.8, 4) is 0 Å². The van der Waals surface area contributed by atoms with Gasteiger partial charge in [-0.15, -0.1) is 0 Å². The number of aliphatic hydroxyl groups excluding tert-OH is 1. The van der Waals surface area contributed by atoms with E-state index in [-0.39, 0.29) is 6.61 Å². The van der Waals surface area contributed by atoms with E-state index in [0.717, 1.165) is 0 Å². The van der Waals surface area contributed by atoms with Crippen molar-refractivity contribution in [3.63, 3.8) is 0 Å². The van der Waals surface area contributed by atoms with Crippen LogP contribution in [0, 0.1) is 0 Å². The molecular weight excluding hydrogens is 218 g/mol. The summed E-state index contributed by atoms with van der Waals surface area (Å²) in [5.41, 5.74) is -0.527. The smallest absolute Gasteiger partial charge is 0.219 e. The number of hydrogen-bond donors (Lipinski definition) is 1. The van der Waals surface area contributed by atoms with Gasteiger partial charge in [0.2, 0.25) is 10.0 Å². The van der Waals surface area contributed by atoms with Crippen molar-refractivity contribution in [2.45, 2.75) is 31.6 Å². The highest BCUT2D eigenvalue weighted by Gasteiger charge is 2.41. The zero-order valence-corrected chi connectivity index (χ0v) is 10.2. The van der Waals surface area contributed by atoms with Crippen LogP contribution in [0.4, 0.5) is 0 Å². The average Bonchev–Trinajstić information content (AvgIpc) is 2.15. The van der Waals surface area contributed by atoms with Crippen molar-refractivity contribution < 1.29 is 18.3 Å². The minimum absolute atomic E-state index is 0.351. The van der Waals surface area contributed by atoms with Gasteiger partial charge in [0.25, 0.3) is 0 Å². The Kier molecular flexibility index (Phi) is 3.76. The molecular formula is C9H19NO4S. The molecule has 5 nitrogen and oxygen atoms in total. The van der Waals surface area contributed by atoms with E-state index in [1.165, 1.54) is 11.2 Å². The summed E-state index contributed by atoms with van der Waals surface area (Å²) in [7, 11) is -3.42. The summed E-state index contributed by atoms with van der Waals surface area (Å²) in [5.74, 6) is 0. The van der Waals surface area contributed by atoms with Gasteiger partial charge in [-0.05, 0) is 20.8 Å². The fourth-order valence-corrected chi connectivity index (χ4v) is 3.32. The number of sulfonamides is 1. The van der Waals surface area contributed by atoms with Crippen LogP contribution < -0.4 is 0 Å². The molecule has 1 unspecified atom stereocenters. The Morgan fingerprint density at radius 3 is 2.60 bits per heavy atom. The van der Waals surface area contributed by atoms with E-state index >= 15 is 0 Å². The summed E-state index contributed by atoms with van der Waals surface area (Å²) in [6.45, 7) is 5.99. The molecule has 90 valence electrons. The van der Waals surface area contributed by atoms with Crippen molar-refractivity contribution in [3.05, 3.63) is 0 Å². The first-order chi connectivity index (χ1) is 6.82. The molecule has 1 aliphatic heterocycles. The summed E-state index contributed by atoms with van der Waals surface area (Å²) < 4.78 is 30.8. The molecule has 0 radical (unpaired) electrons. The molecule has 1 rings (SSSR count). The minimum Gasteiger partial charge on any atom is -0.395 e. The van der Waals surface area contributed by atoms with E-state index in [4.69, 9.17) is 9.84 Å². The van der Waals surface area contributed by atoms with Crippen molar-refractivity contribution in [2.75, 3.05) is 26.4 Å². The maximum Gasteiger partial charge on any atom is 0.219 e. The molecule has 1 aliphatic rings. The van der Waals surface area contributed by atoms with Crippen molar-refractivity contribution in [2.24, 2.45) is 0 Å². The van der Waals surface area contributed by atoms with Gasteiger partial charge in [0.15, 0.2) is 0 Å². The molecule has 1 saturated heterocycles. The van der Waals surface area contributed by atoms with Crippen molar-refractivity contribution in [1.82, 2.24) is 4.31 Å². The van der Waals surface area contributed by atoms with Crippen LogP contribution >= 0.6 is 0 Å². The van der Waals surface area contributed by atoms with Gasteiger partial charge in [0.05, 0.1) is 30.6 Å². The van der Waals surface area contributed by atoms with Gasteiger partial charge in [0.1, 0.15) is 0 Å². The molecule has 15 heavy (non-hydrogen) atoms. The van der Waals surface area contributed by atoms with Crippen LogP contribution in [-0.2, 0) is 14.8 Å². The minimum atomic E-state index is -3.42. The maximum absolute atomic E-state index is 12.0. The monoisotopic (exact) mass is 237 g/mol. The van der Waals surface area contributed by atoms with Crippen LogP contribution in [0.2, 0.25) is 0 Å². The second-order valence-corrected chi connectivity index (χ2v) is 6.75. The molecule has 0 aromatic carbocycles. The van der Waals surface area contributed by atoms with Gasteiger partial charge < -0.3 is 9.84 Å². The summed E-state index contributed by atoms with van der Waals surface area (Å²) in [4.78, 5) is 0. The second kappa shape index (κ2) is 4.37. The van der Waals surface area contributed by atoms with E-state index in [1.807, 2.05) is 13.8 Å². The van der Waals surface area contributed by atoms with Crippen LogP contribution in [0.3, 0.4) is 0 Å². The van der Waals surface area contributed by atoms with Gasteiger partial charge in [0, 0.05) is 6.54 Å². The summed E-state index contributed by atoms with van der Waals surface area (Å²) in [5, 5.41) is 8.18. The number of nitrogens with zero attached hydrogens (tertiary/aromatic N) is 1. The first-order valence-corrected chi connectivity index (χ1v) is 6.53. The highest BCUT2D eigenvalue weighted by molar-refractivity contribution is 7.89. The highest BCUT2D eigenvalue weighted by atomic mass is 32.2. The Hall–Kier alpha value is -0.170. The van der Waals surface area contributed by atoms with Crippen LogP contribution in [0.1, 0.15) is 20.8 Å². The Balaban J connectivity index is 2.95. The molecule has 0 spiro atoms. The van der Waals surface area contributed by atoms with E-state index in [1.54, 1.807) is 0 Å². The van der Waals surface area contributed by atoms with Crippen molar-refractivity contribution in [1.29, 1.82) is 0 Å². The summed E-state index contributed by atoms with van der Waals surface area (Å²) >= 11 is 0. The Bertz CT molecular complexity index is 312. The first kappa shape index (κ1) is 12.9. The average molecular weight is 237 g/mol. The molecule has 0 aromatic heterocycles. The molecule has 1 heterocycles. The van der Waals surface area contributed by atoms with Crippen LogP contribution in [0.5, 0.6) is 0 Å². The molecule has 0 aliphatic carbocycles. The van der Waals surface area contributed by atoms with E-state index in [0.29, 0.717) is 19.8 Å². The van der Waals surface area contributed by atoms with E-state index in [9.17, 15) is 8.42 Å². The lowest BCUT2D eigenvalue weighted by Gasteiger charge is -2.41. The third-order valence-corrected chi connectivity index (χ3v) is 5.10. The molecule has 1 fully saturated rings. The number of ether oxygens (including phenoxy) is 1. The summed E-state index contributed by atoms with van der Waals surface area (Å²) in [6, 6.07) is 0. The normalized spacial score (nSPS) is 25.1. The Morgan fingerprint density at radius 2 is 2.13 bits per heavy atom. The number of morpholine rings is 1. The number of aliphatic hydroxyl groups is 1. The number of rotatable bonds is 3. The van der Waals surface area contributed by atoms with Crippen LogP contribution in [-0.4, -0.2) is 55.0 Å². The second-order valence-electron chi connectivity index (χ2n) is 4.48. The predicted molar refractivity (Wildman–Crippen MR) is 57.1 cm³/mol. The SMILES string of the molecule is CC(CO)S(=O)(=O)N1CCOCC1(C)C. The molecule has 0 saturated carbocycles. The molecule has 6 heteroatoms. The van der Waals surface area contributed by atoms with Gasteiger partial charge in [-0.3, -0.25) is 0 Å². The standard InChI is InChI=1S/C9H19NO4S/c1-8(6-11)15(12,13)10-4-5-14-7-9(10,2)3/h8,11H,4-7H2,1-3H3. The highest BCUT2D eigenvalue weighted by Crippen LogP contribution is 2.24. The third-order valence-electron chi connectivity index (χ3n) is 2.64. The van der Waals surface area contributed by atoms with Gasteiger partial charge in [-0.1, -0.05) is 0 Å². The molecule has 0 aromatic rings. The zero-order valence-electron chi connectivity index (χ0n) is 9.43. The first-order valence-electron chi connectivity index (χ1n) is 5.02. The fraction of sp³-hybridized carbons (Fsp3) is 1.00. The predicted octanol–water partition coefficient (Wildman–Crippen LogP) is -0.192. The number of hydrogen-bond acceptors (Lipinski definition) is 4. The fourth-order valence-electron chi connectivity index (χ4n) is 1.63. The van der Waals surface area contributed by atoms with Gasteiger partial charge >= 0.3 is 0 Å². The quantitative estimate of drug-likeness (QED) is 0.738. The summed E-state index contributed by atoms with van der Waals surface area (Å²) in [6.07, 6.45) is 0. The molecule has 1 atom stereocenters. The Morgan fingerprint density at radius 1 is 1.53 bits per heavy atom. The lowest BCUT2D eigenvalue weighted by atomic mass is 10.1. The lowest BCUT2D eigenvalue weighted by Crippen LogP contribution is -2.57. The van der Waals surface area contributed by atoms with E-state index < -0.39 is 20.8 Å². The van der Waals surface area contributed by atoms with Crippen molar-refractivity contribution >= 4 is 10.0 Å². The Labute approximate surface area is 91.1 Å². The van der Waals surface area contributed by atoms with Crippen LogP contribution in [0.15, 0.2) is 0 Å². The topological polar surface area (TPSA) is 66.8 Å². The molecule has 0 bridgehead atoms. The van der Waals surface area contributed by atoms with E-state index in [2.05, 4.69) is 0 Å². The molecule has 1 N–H and O–H groups in total. The van der Waals surface area contributed by atoms with Gasteiger partial charge in [-0.25, -0.2) is 8.42 Å². The van der Waals surface area contributed by atoms with Gasteiger partial charge in [-0.2, -0.15) is 4.31 Å². The lowest BCUT2D eigenvalue weighted by molar-refractivity contribution is -0.00834. The van der Waals surface area contributed by atoms with Crippen LogP contribution in [0.25, 0.3) is 0 Å².